The van der Waals surface area contributed by atoms with Gasteiger partial charge in [-0.05, 0) is 74.1 Å². The fourth-order valence-corrected chi connectivity index (χ4v) is 8.29. The number of aromatic nitrogens is 3. The van der Waals surface area contributed by atoms with Crippen molar-refractivity contribution >= 4 is 43.4 Å². The standard InChI is InChI=1S/C48H29N3/c1-3-14-31(15-4-1)41-29-42(50-48(49-41)32-16-5-2-6-17-32)33-18-11-19-34(27-33)51-43-26-25-30-13-7-8-20-35(30)46(43)47-39-24-12-23-38-36-21-9-10-22-37(36)40(45(38)39)28-44(47)51/h1-29H. The molecule has 0 saturated carbocycles. The Hall–Kier alpha value is -6.84. The van der Waals surface area contributed by atoms with Crippen LogP contribution in [0.25, 0.3) is 105 Å². The second-order valence-electron chi connectivity index (χ2n) is 13.4. The minimum absolute atomic E-state index is 0.713. The van der Waals surface area contributed by atoms with Gasteiger partial charge in [-0.1, -0.05) is 146 Å². The maximum atomic E-state index is 5.17. The van der Waals surface area contributed by atoms with Crippen molar-refractivity contribution in [1.29, 1.82) is 0 Å². The zero-order valence-electron chi connectivity index (χ0n) is 27.6. The van der Waals surface area contributed by atoms with Gasteiger partial charge < -0.3 is 4.57 Å². The average Bonchev–Trinajstić information content (AvgIpc) is 3.72. The van der Waals surface area contributed by atoms with Crippen LogP contribution in [0.4, 0.5) is 0 Å². The van der Waals surface area contributed by atoms with Crippen molar-refractivity contribution in [2.45, 2.75) is 0 Å². The molecule has 0 amide bonds. The van der Waals surface area contributed by atoms with E-state index < -0.39 is 0 Å². The predicted octanol–water partition coefficient (Wildman–Crippen LogP) is 12.5. The fourth-order valence-electron chi connectivity index (χ4n) is 8.29. The van der Waals surface area contributed by atoms with E-state index >= 15 is 0 Å². The van der Waals surface area contributed by atoms with Crippen molar-refractivity contribution in [3.8, 4) is 61.8 Å². The Balaban J connectivity index is 1.21. The van der Waals surface area contributed by atoms with E-state index in [9.17, 15) is 0 Å². The molecular formula is C48H29N3. The van der Waals surface area contributed by atoms with E-state index in [1.807, 2.05) is 24.3 Å². The minimum Gasteiger partial charge on any atom is -0.309 e. The zero-order valence-corrected chi connectivity index (χ0v) is 27.6. The van der Waals surface area contributed by atoms with Crippen molar-refractivity contribution in [2.24, 2.45) is 0 Å². The lowest BCUT2D eigenvalue weighted by Gasteiger charge is -2.13. The molecule has 0 saturated heterocycles. The molecule has 236 valence electrons. The number of hydrogen-bond acceptors (Lipinski definition) is 2. The van der Waals surface area contributed by atoms with E-state index in [1.165, 1.54) is 65.6 Å². The van der Waals surface area contributed by atoms with Gasteiger partial charge in [0.1, 0.15) is 0 Å². The second kappa shape index (κ2) is 10.8. The van der Waals surface area contributed by atoms with E-state index in [0.717, 1.165) is 33.8 Å². The maximum absolute atomic E-state index is 5.17. The Morgan fingerprint density at radius 1 is 0.353 bits per heavy atom. The summed E-state index contributed by atoms with van der Waals surface area (Å²) in [5, 5.41) is 7.72. The van der Waals surface area contributed by atoms with Gasteiger partial charge in [-0.25, -0.2) is 9.97 Å². The van der Waals surface area contributed by atoms with Crippen LogP contribution in [0.15, 0.2) is 176 Å². The fraction of sp³-hybridized carbons (Fsp3) is 0. The molecule has 1 aliphatic carbocycles. The predicted molar refractivity (Wildman–Crippen MR) is 212 cm³/mol. The van der Waals surface area contributed by atoms with Crippen LogP contribution in [-0.2, 0) is 0 Å². The molecule has 51 heavy (non-hydrogen) atoms. The van der Waals surface area contributed by atoms with Crippen molar-refractivity contribution < 1.29 is 0 Å². The highest BCUT2D eigenvalue weighted by atomic mass is 15.0. The van der Waals surface area contributed by atoms with Crippen molar-refractivity contribution in [3.05, 3.63) is 176 Å². The van der Waals surface area contributed by atoms with E-state index in [0.29, 0.717) is 5.82 Å². The lowest BCUT2D eigenvalue weighted by Crippen LogP contribution is -1.98. The topological polar surface area (TPSA) is 30.7 Å². The molecule has 0 aliphatic heterocycles. The van der Waals surface area contributed by atoms with Crippen LogP contribution in [0.1, 0.15) is 0 Å². The summed E-state index contributed by atoms with van der Waals surface area (Å²) in [5.74, 6) is 0.713. The molecule has 3 heteroatoms. The first kappa shape index (κ1) is 28.0. The molecule has 0 fully saturated rings. The van der Waals surface area contributed by atoms with Crippen LogP contribution in [0.2, 0.25) is 0 Å². The summed E-state index contributed by atoms with van der Waals surface area (Å²) in [6.45, 7) is 0. The maximum Gasteiger partial charge on any atom is 0.160 e. The van der Waals surface area contributed by atoms with Crippen molar-refractivity contribution in [1.82, 2.24) is 14.5 Å². The van der Waals surface area contributed by atoms with Gasteiger partial charge in [0.2, 0.25) is 0 Å². The van der Waals surface area contributed by atoms with E-state index in [1.54, 1.807) is 0 Å². The molecule has 11 rings (SSSR count). The summed E-state index contributed by atoms with van der Waals surface area (Å²) in [6, 6.07) is 63.0. The Morgan fingerprint density at radius 2 is 0.961 bits per heavy atom. The Morgan fingerprint density at radius 3 is 1.78 bits per heavy atom. The first-order valence-corrected chi connectivity index (χ1v) is 17.4. The zero-order chi connectivity index (χ0) is 33.5. The molecule has 8 aromatic carbocycles. The van der Waals surface area contributed by atoms with Gasteiger partial charge in [-0.2, -0.15) is 0 Å². The third kappa shape index (κ3) is 4.19. The molecule has 2 aromatic heterocycles. The molecule has 0 unspecified atom stereocenters. The molecule has 0 spiro atoms. The summed E-state index contributed by atoms with van der Waals surface area (Å²) in [7, 11) is 0. The van der Waals surface area contributed by atoms with Crippen LogP contribution in [-0.4, -0.2) is 14.5 Å². The van der Waals surface area contributed by atoms with Crippen molar-refractivity contribution in [2.75, 3.05) is 0 Å². The molecule has 0 radical (unpaired) electrons. The van der Waals surface area contributed by atoms with Crippen LogP contribution >= 0.6 is 0 Å². The van der Waals surface area contributed by atoms with E-state index in [-0.39, 0.29) is 0 Å². The SMILES string of the molecule is c1ccc(-c2cc(-c3cccc(-n4c5ccc6ccccc6c5c5c6cccc7c6c(cc54)-c4ccccc4-7)c3)nc(-c3ccccc3)n2)cc1. The van der Waals surface area contributed by atoms with Gasteiger partial charge in [0, 0.05) is 33.2 Å². The minimum atomic E-state index is 0.713. The van der Waals surface area contributed by atoms with Crippen molar-refractivity contribution in [3.63, 3.8) is 0 Å². The number of rotatable bonds is 4. The van der Waals surface area contributed by atoms with Gasteiger partial charge >= 0.3 is 0 Å². The number of hydrogen-bond donors (Lipinski definition) is 0. The van der Waals surface area contributed by atoms with Gasteiger partial charge in [0.25, 0.3) is 0 Å². The third-order valence-electron chi connectivity index (χ3n) is 10.5. The highest BCUT2D eigenvalue weighted by Crippen LogP contribution is 2.51. The molecule has 2 heterocycles. The normalized spacial score (nSPS) is 11.9. The van der Waals surface area contributed by atoms with Gasteiger partial charge in [0.15, 0.2) is 5.82 Å². The van der Waals surface area contributed by atoms with E-state index in [2.05, 4.69) is 156 Å². The van der Waals surface area contributed by atoms with Crippen LogP contribution in [0, 0.1) is 0 Å². The lowest BCUT2D eigenvalue weighted by atomic mass is 9.96. The van der Waals surface area contributed by atoms with Crippen LogP contribution in [0.5, 0.6) is 0 Å². The van der Waals surface area contributed by atoms with Gasteiger partial charge in [-0.3, -0.25) is 0 Å². The number of fused-ring (bicyclic) bond motifs is 9. The van der Waals surface area contributed by atoms with Gasteiger partial charge in [-0.15, -0.1) is 0 Å². The number of benzene rings is 8. The Kier molecular flexibility index (Phi) is 5.96. The first-order valence-electron chi connectivity index (χ1n) is 17.4. The summed E-state index contributed by atoms with van der Waals surface area (Å²) in [5.41, 5.74) is 13.6. The molecule has 1 aliphatic rings. The summed E-state index contributed by atoms with van der Waals surface area (Å²) >= 11 is 0. The lowest BCUT2D eigenvalue weighted by molar-refractivity contribution is 1.16. The largest absolute Gasteiger partial charge is 0.309 e. The smallest absolute Gasteiger partial charge is 0.160 e. The molecule has 0 bridgehead atoms. The highest BCUT2D eigenvalue weighted by Gasteiger charge is 2.26. The molecule has 3 nitrogen and oxygen atoms in total. The Bertz CT molecular complexity index is 2950. The monoisotopic (exact) mass is 647 g/mol. The van der Waals surface area contributed by atoms with Crippen LogP contribution in [0.3, 0.4) is 0 Å². The highest BCUT2D eigenvalue weighted by molar-refractivity contribution is 6.33. The second-order valence-corrected chi connectivity index (χ2v) is 13.4. The van der Waals surface area contributed by atoms with Gasteiger partial charge in [0.05, 0.1) is 22.4 Å². The molecule has 10 aromatic rings. The number of nitrogens with zero attached hydrogens (tertiary/aromatic N) is 3. The molecule has 0 N–H and O–H groups in total. The Labute approximate surface area is 294 Å². The third-order valence-corrected chi connectivity index (χ3v) is 10.5. The molecule has 0 atom stereocenters. The van der Waals surface area contributed by atoms with Crippen LogP contribution < -0.4 is 0 Å². The summed E-state index contributed by atoms with van der Waals surface area (Å²) in [6.07, 6.45) is 0. The average molecular weight is 648 g/mol. The van der Waals surface area contributed by atoms with E-state index in [4.69, 9.17) is 9.97 Å². The summed E-state index contributed by atoms with van der Waals surface area (Å²) < 4.78 is 2.46. The quantitative estimate of drug-likeness (QED) is 0.190. The first-order chi connectivity index (χ1) is 25.3. The summed E-state index contributed by atoms with van der Waals surface area (Å²) in [4.78, 5) is 10.2. The molecular weight excluding hydrogens is 619 g/mol.